The lowest BCUT2D eigenvalue weighted by molar-refractivity contribution is 0.211. The third-order valence-electron chi connectivity index (χ3n) is 2.29. The highest BCUT2D eigenvalue weighted by atomic mass is 19.1. The molecule has 0 unspecified atom stereocenters. The summed E-state index contributed by atoms with van der Waals surface area (Å²) in [5.74, 6) is -0.914. The van der Waals surface area contributed by atoms with Gasteiger partial charge >= 0.3 is 6.09 Å². The van der Waals surface area contributed by atoms with Crippen molar-refractivity contribution in [3.63, 3.8) is 0 Å². The van der Waals surface area contributed by atoms with Gasteiger partial charge in [0.25, 0.3) is 0 Å². The van der Waals surface area contributed by atoms with Gasteiger partial charge in [-0.15, -0.1) is 0 Å². The minimum absolute atomic E-state index is 0.0782. The SMILES string of the molecule is NC(=O)Oc1ccc(F)cc1-c1cccc(F)c1. The Morgan fingerprint density at radius 3 is 2.44 bits per heavy atom. The second-order valence-corrected chi connectivity index (χ2v) is 3.57. The number of carbonyl (C=O) groups excluding carboxylic acids is 1. The second kappa shape index (κ2) is 4.83. The van der Waals surface area contributed by atoms with Crippen molar-refractivity contribution < 1.29 is 18.3 Å². The third kappa shape index (κ3) is 2.63. The van der Waals surface area contributed by atoms with Crippen LogP contribution in [0.1, 0.15) is 0 Å². The Hall–Kier alpha value is -2.43. The van der Waals surface area contributed by atoms with E-state index in [0.29, 0.717) is 5.56 Å². The fraction of sp³-hybridized carbons (Fsp3) is 0. The van der Waals surface area contributed by atoms with E-state index in [2.05, 4.69) is 0 Å². The van der Waals surface area contributed by atoms with Crippen molar-refractivity contribution in [2.24, 2.45) is 5.73 Å². The summed E-state index contributed by atoms with van der Waals surface area (Å²) in [6, 6.07) is 9.06. The maximum Gasteiger partial charge on any atom is 0.409 e. The van der Waals surface area contributed by atoms with Crippen molar-refractivity contribution in [2.45, 2.75) is 0 Å². The molecule has 0 saturated carbocycles. The summed E-state index contributed by atoms with van der Waals surface area (Å²) in [7, 11) is 0. The molecular weight excluding hydrogens is 240 g/mol. The van der Waals surface area contributed by atoms with Gasteiger partial charge in [0.05, 0.1) is 0 Å². The molecule has 0 radical (unpaired) electrons. The minimum atomic E-state index is -1.01. The van der Waals surface area contributed by atoms with Crippen molar-refractivity contribution in [2.75, 3.05) is 0 Å². The van der Waals surface area contributed by atoms with Gasteiger partial charge in [-0.05, 0) is 35.9 Å². The summed E-state index contributed by atoms with van der Waals surface area (Å²) in [6.45, 7) is 0. The highest BCUT2D eigenvalue weighted by Gasteiger charge is 2.10. The fourth-order valence-corrected chi connectivity index (χ4v) is 1.58. The molecule has 2 rings (SSSR count). The Morgan fingerprint density at radius 2 is 1.78 bits per heavy atom. The quantitative estimate of drug-likeness (QED) is 0.889. The van der Waals surface area contributed by atoms with E-state index in [4.69, 9.17) is 10.5 Å². The average molecular weight is 249 g/mol. The van der Waals surface area contributed by atoms with Crippen LogP contribution in [0.2, 0.25) is 0 Å². The predicted molar refractivity (Wildman–Crippen MR) is 62.0 cm³/mol. The van der Waals surface area contributed by atoms with Gasteiger partial charge in [0.2, 0.25) is 0 Å². The van der Waals surface area contributed by atoms with Crippen molar-refractivity contribution >= 4 is 6.09 Å². The van der Waals surface area contributed by atoms with Crippen LogP contribution in [0.15, 0.2) is 42.5 Å². The molecule has 0 bridgehead atoms. The van der Waals surface area contributed by atoms with Gasteiger partial charge < -0.3 is 10.5 Å². The molecule has 0 heterocycles. The van der Waals surface area contributed by atoms with Crippen molar-refractivity contribution in [1.82, 2.24) is 0 Å². The van der Waals surface area contributed by atoms with Crippen LogP contribution in [0.25, 0.3) is 11.1 Å². The monoisotopic (exact) mass is 249 g/mol. The Morgan fingerprint density at radius 1 is 1.06 bits per heavy atom. The first kappa shape index (κ1) is 12.0. The Bertz CT molecular complexity index is 599. The second-order valence-electron chi connectivity index (χ2n) is 3.57. The molecule has 2 aromatic carbocycles. The largest absolute Gasteiger partial charge is 0.410 e. The van der Waals surface area contributed by atoms with Crippen LogP contribution in [0.4, 0.5) is 13.6 Å². The van der Waals surface area contributed by atoms with E-state index in [0.717, 1.165) is 12.1 Å². The number of nitrogens with two attached hydrogens (primary N) is 1. The summed E-state index contributed by atoms with van der Waals surface area (Å²) < 4.78 is 31.1. The molecule has 0 atom stereocenters. The number of carbonyl (C=O) groups is 1. The molecule has 2 aromatic rings. The van der Waals surface area contributed by atoms with Gasteiger partial charge in [-0.3, -0.25) is 0 Å². The van der Waals surface area contributed by atoms with E-state index in [9.17, 15) is 13.6 Å². The van der Waals surface area contributed by atoms with Crippen LogP contribution in [-0.2, 0) is 0 Å². The van der Waals surface area contributed by atoms with Gasteiger partial charge in [0.15, 0.2) is 0 Å². The Balaban J connectivity index is 2.54. The Labute approximate surface area is 102 Å². The summed E-state index contributed by atoms with van der Waals surface area (Å²) in [5.41, 5.74) is 5.56. The van der Waals surface area contributed by atoms with Crippen LogP contribution >= 0.6 is 0 Å². The zero-order valence-corrected chi connectivity index (χ0v) is 9.19. The summed E-state index contributed by atoms with van der Waals surface area (Å²) >= 11 is 0. The topological polar surface area (TPSA) is 52.3 Å². The van der Waals surface area contributed by atoms with Crippen molar-refractivity contribution in [3.8, 4) is 16.9 Å². The van der Waals surface area contributed by atoms with Gasteiger partial charge in [-0.1, -0.05) is 12.1 Å². The zero-order valence-electron chi connectivity index (χ0n) is 9.19. The standard InChI is InChI=1S/C13H9F2NO2/c14-9-3-1-2-8(6-9)11-7-10(15)4-5-12(11)18-13(16)17/h1-7H,(H2,16,17). The van der Waals surface area contributed by atoms with Crippen LogP contribution < -0.4 is 10.5 Å². The van der Waals surface area contributed by atoms with Crippen molar-refractivity contribution in [1.29, 1.82) is 0 Å². The van der Waals surface area contributed by atoms with E-state index in [1.165, 1.54) is 24.3 Å². The maximum absolute atomic E-state index is 13.2. The lowest BCUT2D eigenvalue weighted by Crippen LogP contribution is -2.16. The highest BCUT2D eigenvalue weighted by Crippen LogP contribution is 2.31. The molecule has 0 aliphatic carbocycles. The van der Waals surface area contributed by atoms with Crippen LogP contribution in [0.3, 0.4) is 0 Å². The number of primary amides is 1. The molecule has 92 valence electrons. The van der Waals surface area contributed by atoms with Gasteiger partial charge in [0.1, 0.15) is 17.4 Å². The van der Waals surface area contributed by atoms with Crippen LogP contribution in [0.5, 0.6) is 5.75 Å². The average Bonchev–Trinajstić information content (AvgIpc) is 2.31. The van der Waals surface area contributed by atoms with E-state index >= 15 is 0 Å². The van der Waals surface area contributed by atoms with Gasteiger partial charge in [0, 0.05) is 5.56 Å². The number of benzene rings is 2. The van der Waals surface area contributed by atoms with Crippen LogP contribution in [-0.4, -0.2) is 6.09 Å². The summed E-state index contributed by atoms with van der Waals surface area (Å²) in [4.78, 5) is 10.7. The van der Waals surface area contributed by atoms with Crippen LogP contribution in [0, 0.1) is 11.6 Å². The lowest BCUT2D eigenvalue weighted by atomic mass is 10.0. The number of ether oxygens (including phenoxy) is 1. The normalized spacial score (nSPS) is 10.1. The van der Waals surface area contributed by atoms with Gasteiger partial charge in [-0.25, -0.2) is 13.6 Å². The minimum Gasteiger partial charge on any atom is -0.410 e. The first-order valence-electron chi connectivity index (χ1n) is 5.09. The van der Waals surface area contributed by atoms with E-state index < -0.39 is 17.7 Å². The predicted octanol–water partition coefficient (Wildman–Crippen LogP) is 3.09. The molecule has 0 fully saturated rings. The number of amides is 1. The third-order valence-corrected chi connectivity index (χ3v) is 2.29. The first-order valence-corrected chi connectivity index (χ1v) is 5.09. The molecule has 0 aliphatic heterocycles. The summed E-state index contributed by atoms with van der Waals surface area (Å²) in [5, 5.41) is 0. The summed E-state index contributed by atoms with van der Waals surface area (Å²) in [6.07, 6.45) is -1.01. The molecule has 0 aromatic heterocycles. The van der Waals surface area contributed by atoms with Crippen molar-refractivity contribution in [3.05, 3.63) is 54.1 Å². The van der Waals surface area contributed by atoms with Gasteiger partial charge in [-0.2, -0.15) is 0 Å². The zero-order chi connectivity index (χ0) is 13.1. The fourth-order valence-electron chi connectivity index (χ4n) is 1.58. The molecule has 3 nitrogen and oxygen atoms in total. The first-order chi connectivity index (χ1) is 8.56. The number of hydrogen-bond acceptors (Lipinski definition) is 2. The molecule has 0 spiro atoms. The molecule has 0 saturated heterocycles. The molecular formula is C13H9F2NO2. The Kier molecular flexibility index (Phi) is 3.23. The molecule has 5 heteroatoms. The van der Waals surface area contributed by atoms with E-state index in [1.54, 1.807) is 6.07 Å². The number of rotatable bonds is 2. The smallest absolute Gasteiger partial charge is 0.409 e. The number of halogens is 2. The molecule has 0 aliphatic rings. The molecule has 18 heavy (non-hydrogen) atoms. The highest BCUT2D eigenvalue weighted by molar-refractivity contribution is 5.76. The maximum atomic E-state index is 13.2. The molecule has 2 N–H and O–H groups in total. The van der Waals surface area contributed by atoms with E-state index in [1.807, 2.05) is 0 Å². The van der Waals surface area contributed by atoms with E-state index in [-0.39, 0.29) is 11.3 Å². The number of hydrogen-bond donors (Lipinski definition) is 1. The lowest BCUT2D eigenvalue weighted by Gasteiger charge is -2.09. The molecule has 1 amide bonds.